The number of fused-ring (bicyclic) bond motifs is 1. The lowest BCUT2D eigenvalue weighted by Crippen LogP contribution is -2.37. The number of aliphatic hydroxyl groups is 1. The highest BCUT2D eigenvalue weighted by Crippen LogP contribution is 2.38. The molecule has 2 unspecified atom stereocenters. The van der Waals surface area contributed by atoms with Gasteiger partial charge in [-0.05, 0) is 80.0 Å². The number of carbonyl (C=O) groups is 1. The van der Waals surface area contributed by atoms with Gasteiger partial charge in [0.25, 0.3) is 0 Å². The van der Waals surface area contributed by atoms with Gasteiger partial charge in [0.05, 0.1) is 11.7 Å². The van der Waals surface area contributed by atoms with Crippen LogP contribution >= 0.6 is 0 Å². The van der Waals surface area contributed by atoms with E-state index < -0.39 is 53.5 Å². The first kappa shape index (κ1) is 32.2. The van der Waals surface area contributed by atoms with Crippen LogP contribution in [0, 0.1) is 17.5 Å². The summed E-state index contributed by atoms with van der Waals surface area (Å²) in [4.78, 5) is 18.4. The van der Waals surface area contributed by atoms with E-state index in [0.29, 0.717) is 42.1 Å². The second-order valence-corrected chi connectivity index (χ2v) is 11.0. The molecule has 0 saturated carbocycles. The predicted octanol–water partition coefficient (Wildman–Crippen LogP) is 6.26. The summed E-state index contributed by atoms with van der Waals surface area (Å²) in [6, 6.07) is 7.80. The Morgan fingerprint density at radius 3 is 2.44 bits per heavy atom. The van der Waals surface area contributed by atoms with Crippen molar-refractivity contribution >= 4 is 5.91 Å². The molecule has 0 spiro atoms. The number of alkyl halides is 3. The average molecular weight is 632 g/mol. The van der Waals surface area contributed by atoms with Crippen molar-refractivity contribution in [3.63, 3.8) is 0 Å². The number of halogens is 6. The molecule has 1 aliphatic rings. The van der Waals surface area contributed by atoms with Gasteiger partial charge in [-0.15, -0.1) is 0 Å². The first-order chi connectivity index (χ1) is 21.4. The van der Waals surface area contributed by atoms with Gasteiger partial charge in [-0.2, -0.15) is 18.3 Å². The maximum atomic E-state index is 14.4. The molecule has 0 aliphatic heterocycles. The molecule has 7 nitrogen and oxygen atoms in total. The molecular weight excluding hydrogens is 600 g/mol. The summed E-state index contributed by atoms with van der Waals surface area (Å²) in [7, 11) is 0. The van der Waals surface area contributed by atoms with Crippen molar-refractivity contribution in [2.24, 2.45) is 5.73 Å². The van der Waals surface area contributed by atoms with Gasteiger partial charge in [0.1, 0.15) is 29.7 Å². The van der Waals surface area contributed by atoms with Gasteiger partial charge >= 0.3 is 6.18 Å². The van der Waals surface area contributed by atoms with E-state index in [1.54, 1.807) is 19.1 Å². The molecule has 5 rings (SSSR count). The second kappa shape index (κ2) is 13.0. The zero-order valence-corrected chi connectivity index (χ0v) is 24.2. The minimum absolute atomic E-state index is 0.0907. The van der Waals surface area contributed by atoms with E-state index in [-0.39, 0.29) is 41.6 Å². The molecular formula is C32H31F6N5O2. The summed E-state index contributed by atoms with van der Waals surface area (Å²) in [5.74, 6) is -3.10. The fourth-order valence-corrected chi connectivity index (χ4v) is 5.91. The van der Waals surface area contributed by atoms with E-state index in [1.165, 1.54) is 18.3 Å². The van der Waals surface area contributed by atoms with E-state index in [4.69, 9.17) is 5.73 Å². The van der Waals surface area contributed by atoms with Crippen LogP contribution in [0.2, 0.25) is 0 Å². The fraction of sp³-hybridized carbons (Fsp3) is 0.344. The third-order valence-corrected chi connectivity index (χ3v) is 7.93. The van der Waals surface area contributed by atoms with E-state index in [2.05, 4.69) is 15.4 Å². The molecule has 238 valence electrons. The summed E-state index contributed by atoms with van der Waals surface area (Å²) >= 11 is 0. The molecule has 13 heteroatoms. The molecule has 2 heterocycles. The van der Waals surface area contributed by atoms with E-state index in [1.807, 2.05) is 0 Å². The molecule has 45 heavy (non-hydrogen) atoms. The second-order valence-electron chi connectivity index (χ2n) is 11.0. The van der Waals surface area contributed by atoms with Crippen LogP contribution in [0.25, 0.3) is 11.1 Å². The number of rotatable bonds is 9. The number of aliphatic hydroxyl groups excluding tert-OH is 1. The Morgan fingerprint density at radius 1 is 1.07 bits per heavy atom. The number of hydrogen-bond acceptors (Lipinski definition) is 5. The van der Waals surface area contributed by atoms with Gasteiger partial charge in [-0.1, -0.05) is 19.1 Å². The number of pyridine rings is 1. The van der Waals surface area contributed by atoms with Crippen LogP contribution in [0.3, 0.4) is 0 Å². The third kappa shape index (κ3) is 6.89. The minimum atomic E-state index is -4.70. The normalized spacial score (nSPS) is 15.3. The van der Waals surface area contributed by atoms with Crippen molar-refractivity contribution in [3.8, 4) is 11.1 Å². The molecule has 0 saturated heterocycles. The fourth-order valence-electron chi connectivity index (χ4n) is 5.91. The first-order valence-corrected chi connectivity index (χ1v) is 14.5. The largest absolute Gasteiger partial charge is 0.435 e. The average Bonchev–Trinajstić information content (AvgIpc) is 3.37. The van der Waals surface area contributed by atoms with Crippen molar-refractivity contribution in [2.75, 3.05) is 0 Å². The summed E-state index contributed by atoms with van der Waals surface area (Å²) in [5, 5.41) is 16.6. The van der Waals surface area contributed by atoms with Crippen molar-refractivity contribution in [1.29, 1.82) is 0 Å². The van der Waals surface area contributed by atoms with Crippen molar-refractivity contribution < 1.29 is 36.2 Å². The Bertz CT molecular complexity index is 1680. The Balaban J connectivity index is 1.58. The van der Waals surface area contributed by atoms with Crippen LogP contribution in [0.5, 0.6) is 0 Å². The monoisotopic (exact) mass is 631 g/mol. The summed E-state index contributed by atoms with van der Waals surface area (Å²) in [6.07, 6.45) is -3.18. The van der Waals surface area contributed by atoms with Crippen LogP contribution in [0.15, 0.2) is 54.7 Å². The van der Waals surface area contributed by atoms with E-state index in [9.17, 15) is 36.2 Å². The summed E-state index contributed by atoms with van der Waals surface area (Å²) in [5.41, 5.74) is 5.97. The third-order valence-electron chi connectivity index (χ3n) is 7.93. The van der Waals surface area contributed by atoms with Crippen LogP contribution in [-0.2, 0) is 30.2 Å². The minimum Gasteiger partial charge on any atom is -0.374 e. The maximum Gasteiger partial charge on any atom is 0.435 e. The number of benzene rings is 2. The number of nitrogens with one attached hydrogen (secondary N) is 1. The van der Waals surface area contributed by atoms with Gasteiger partial charge in [0.2, 0.25) is 5.91 Å². The Kier molecular flexibility index (Phi) is 9.31. The number of nitrogens with zero attached hydrogens (tertiary/aromatic N) is 3. The Labute approximate surface area is 255 Å². The Morgan fingerprint density at radius 2 is 1.78 bits per heavy atom. The topological polar surface area (TPSA) is 106 Å². The van der Waals surface area contributed by atoms with E-state index >= 15 is 0 Å². The van der Waals surface area contributed by atoms with E-state index in [0.717, 1.165) is 22.9 Å². The molecule has 0 fully saturated rings. The molecule has 0 radical (unpaired) electrons. The van der Waals surface area contributed by atoms with Crippen LogP contribution in [0.1, 0.15) is 78.3 Å². The van der Waals surface area contributed by atoms with Crippen LogP contribution in [-0.4, -0.2) is 25.8 Å². The first-order valence-electron chi connectivity index (χ1n) is 14.5. The highest BCUT2D eigenvalue weighted by molar-refractivity contribution is 5.81. The van der Waals surface area contributed by atoms with Crippen molar-refractivity contribution in [2.45, 2.75) is 69.9 Å². The standard InChI is InChI=1S/C32H31F6N5O2/c1-2-26(43-27-8-4-3-6-22(27)29(42-43)32(36,37)38)31(45)41-25(14-17-12-19(33)16-20(34)13-17)28-21(7-5-11-40-28)18-9-10-24(35)23(15-18)30(39)44/h5,7,9-13,15-16,25-26,30,44H,2-4,6,8,14,39H2,1H3,(H,41,45)/t25-,26?,30?/m0/s1. The molecule has 4 N–H and O–H groups in total. The molecule has 3 atom stereocenters. The maximum absolute atomic E-state index is 14.4. The van der Waals surface area contributed by atoms with Crippen LogP contribution in [0.4, 0.5) is 26.3 Å². The lowest BCUT2D eigenvalue weighted by Gasteiger charge is -2.26. The van der Waals surface area contributed by atoms with Gasteiger partial charge in [-0.25, -0.2) is 13.2 Å². The highest BCUT2D eigenvalue weighted by atomic mass is 19.4. The summed E-state index contributed by atoms with van der Waals surface area (Å²) in [6.45, 7) is 1.65. The van der Waals surface area contributed by atoms with Gasteiger partial charge in [0.15, 0.2) is 5.69 Å². The predicted molar refractivity (Wildman–Crippen MR) is 153 cm³/mol. The molecule has 1 amide bonds. The lowest BCUT2D eigenvalue weighted by atomic mass is 9.93. The molecule has 2 aromatic heterocycles. The molecule has 4 aromatic rings. The van der Waals surface area contributed by atoms with Gasteiger partial charge in [0, 0.05) is 34.6 Å². The van der Waals surface area contributed by atoms with Gasteiger partial charge in [-0.3, -0.25) is 14.5 Å². The molecule has 0 bridgehead atoms. The van der Waals surface area contributed by atoms with Gasteiger partial charge < -0.3 is 16.2 Å². The van der Waals surface area contributed by atoms with Crippen molar-refractivity contribution in [3.05, 3.63) is 106 Å². The number of nitrogens with two attached hydrogens (primary N) is 1. The van der Waals surface area contributed by atoms with Crippen LogP contribution < -0.4 is 11.1 Å². The molecule has 1 aliphatic carbocycles. The highest BCUT2D eigenvalue weighted by Gasteiger charge is 2.41. The number of amides is 1. The zero-order chi connectivity index (χ0) is 32.5. The number of aromatic nitrogens is 3. The number of carbonyl (C=O) groups excluding carboxylic acids is 1. The number of hydrogen-bond donors (Lipinski definition) is 3. The zero-order valence-electron chi connectivity index (χ0n) is 24.2. The smallest absolute Gasteiger partial charge is 0.374 e. The lowest BCUT2D eigenvalue weighted by molar-refractivity contribution is -0.142. The Hall–Kier alpha value is -4.23. The van der Waals surface area contributed by atoms with Crippen molar-refractivity contribution in [1.82, 2.24) is 20.1 Å². The molecule has 2 aromatic carbocycles. The summed E-state index contributed by atoms with van der Waals surface area (Å²) < 4.78 is 85.6. The SMILES string of the molecule is CCC(C(=O)N[C@@H](Cc1cc(F)cc(F)c1)c1ncccc1-c1ccc(F)c(C(N)O)c1)n1nc(C(F)(F)F)c2c1CCCC2. The quantitative estimate of drug-likeness (QED) is 0.149.